The van der Waals surface area contributed by atoms with Crippen LogP contribution in [0.1, 0.15) is 21.5 Å². The molecule has 34 heavy (non-hydrogen) atoms. The second-order valence-corrected chi connectivity index (χ2v) is 7.88. The van der Waals surface area contributed by atoms with E-state index in [0.717, 1.165) is 32.7 Å². The zero-order chi connectivity index (χ0) is 23.3. The Kier molecular flexibility index (Phi) is 5.91. The van der Waals surface area contributed by atoms with Crippen LogP contribution < -0.4 is 10.2 Å². The van der Waals surface area contributed by atoms with Gasteiger partial charge in [-0.3, -0.25) is 4.79 Å². The fourth-order valence-electron chi connectivity index (χ4n) is 3.92. The number of hydrogen-bond donors (Lipinski definition) is 2. The highest BCUT2D eigenvalue weighted by Crippen LogP contribution is 2.25. The molecule has 0 aliphatic rings. The minimum absolute atomic E-state index is 0.0924. The fourth-order valence-corrected chi connectivity index (χ4v) is 3.92. The molecule has 0 saturated heterocycles. The second kappa shape index (κ2) is 9.46. The second-order valence-electron chi connectivity index (χ2n) is 7.88. The molecule has 0 unspecified atom stereocenters. The number of amides is 1. The summed E-state index contributed by atoms with van der Waals surface area (Å²) in [7, 11) is 0. The maximum absolute atomic E-state index is 12.6. The van der Waals surface area contributed by atoms with E-state index in [1.165, 1.54) is 6.21 Å². The van der Waals surface area contributed by atoms with Crippen LogP contribution in [0.4, 0.5) is 0 Å². The van der Waals surface area contributed by atoms with Crippen LogP contribution in [0.25, 0.3) is 21.5 Å². The molecule has 5 aromatic carbocycles. The van der Waals surface area contributed by atoms with Crippen LogP contribution in [-0.2, 0) is 6.61 Å². The number of benzene rings is 5. The maximum atomic E-state index is 12.6. The molecule has 1 amide bonds. The standard InChI is InChI=1S/C29H22N2O3/c32-27-17-22-10-2-1-9-21(22)16-26(27)29(33)31-30-18-23-11-4-6-15-28(23)34-19-24-13-7-12-20-8-3-5-14-25(20)24/h1-18,32H,19H2,(H,31,33). The van der Waals surface area contributed by atoms with Gasteiger partial charge in [-0.15, -0.1) is 0 Å². The average molecular weight is 447 g/mol. The van der Waals surface area contributed by atoms with Crippen molar-refractivity contribution in [2.45, 2.75) is 6.61 Å². The van der Waals surface area contributed by atoms with Crippen molar-refractivity contribution in [3.05, 3.63) is 120 Å². The quantitative estimate of drug-likeness (QED) is 0.247. The number of nitrogens with one attached hydrogen (secondary N) is 1. The number of phenols is 1. The lowest BCUT2D eigenvalue weighted by Gasteiger charge is -2.11. The van der Waals surface area contributed by atoms with Crippen molar-refractivity contribution in [1.82, 2.24) is 5.43 Å². The molecule has 0 heterocycles. The molecule has 0 spiro atoms. The monoisotopic (exact) mass is 446 g/mol. The molecule has 5 nitrogen and oxygen atoms in total. The summed E-state index contributed by atoms with van der Waals surface area (Å²) in [5.74, 6) is 0.0702. The highest BCUT2D eigenvalue weighted by atomic mass is 16.5. The molecular weight excluding hydrogens is 424 g/mol. The van der Waals surface area contributed by atoms with E-state index < -0.39 is 5.91 Å². The lowest BCUT2D eigenvalue weighted by molar-refractivity contribution is 0.0952. The third kappa shape index (κ3) is 4.45. The first-order chi connectivity index (χ1) is 16.7. The van der Waals surface area contributed by atoms with Gasteiger partial charge in [0.1, 0.15) is 18.1 Å². The van der Waals surface area contributed by atoms with Crippen molar-refractivity contribution in [3.8, 4) is 11.5 Å². The van der Waals surface area contributed by atoms with Crippen LogP contribution in [0.15, 0.2) is 108 Å². The minimum Gasteiger partial charge on any atom is -0.507 e. The van der Waals surface area contributed by atoms with Gasteiger partial charge in [0, 0.05) is 5.56 Å². The molecule has 0 aliphatic carbocycles. The Bertz CT molecular complexity index is 1520. The summed E-state index contributed by atoms with van der Waals surface area (Å²) in [6, 6.07) is 32.6. The Morgan fingerprint density at radius 2 is 1.50 bits per heavy atom. The zero-order valence-electron chi connectivity index (χ0n) is 18.3. The van der Waals surface area contributed by atoms with Crippen molar-refractivity contribution in [1.29, 1.82) is 0 Å². The summed E-state index contributed by atoms with van der Waals surface area (Å²) in [6.07, 6.45) is 1.54. The lowest BCUT2D eigenvalue weighted by atomic mass is 10.1. The number of nitrogens with zero attached hydrogens (tertiary/aromatic N) is 1. The maximum Gasteiger partial charge on any atom is 0.275 e. The van der Waals surface area contributed by atoms with E-state index in [1.54, 1.807) is 12.1 Å². The summed E-state index contributed by atoms with van der Waals surface area (Å²) in [5.41, 5.74) is 4.47. The number of fused-ring (bicyclic) bond motifs is 2. The first kappa shape index (κ1) is 21.2. The van der Waals surface area contributed by atoms with Crippen molar-refractivity contribution >= 4 is 33.7 Å². The number of carbonyl (C=O) groups is 1. The molecule has 0 bridgehead atoms. The van der Waals surface area contributed by atoms with Crippen LogP contribution >= 0.6 is 0 Å². The zero-order valence-corrected chi connectivity index (χ0v) is 18.3. The van der Waals surface area contributed by atoms with Gasteiger partial charge in [-0.25, -0.2) is 5.43 Å². The number of carbonyl (C=O) groups excluding carboxylic acids is 1. The predicted molar refractivity (Wildman–Crippen MR) is 135 cm³/mol. The van der Waals surface area contributed by atoms with Crippen molar-refractivity contribution < 1.29 is 14.6 Å². The van der Waals surface area contributed by atoms with Crippen molar-refractivity contribution in [3.63, 3.8) is 0 Å². The minimum atomic E-state index is -0.492. The Morgan fingerprint density at radius 3 is 2.35 bits per heavy atom. The highest BCUT2D eigenvalue weighted by molar-refractivity contribution is 6.01. The molecule has 5 aromatic rings. The van der Waals surface area contributed by atoms with Crippen LogP contribution in [-0.4, -0.2) is 17.2 Å². The Balaban J connectivity index is 1.30. The molecule has 166 valence electrons. The van der Waals surface area contributed by atoms with Crippen LogP contribution in [0, 0.1) is 0 Å². The molecule has 0 radical (unpaired) electrons. The van der Waals surface area contributed by atoms with Gasteiger partial charge in [0.05, 0.1) is 11.8 Å². The van der Waals surface area contributed by atoms with Gasteiger partial charge < -0.3 is 9.84 Å². The molecule has 5 rings (SSSR count). The van der Waals surface area contributed by atoms with E-state index in [4.69, 9.17) is 4.74 Å². The van der Waals surface area contributed by atoms with E-state index in [2.05, 4.69) is 34.8 Å². The van der Waals surface area contributed by atoms with Crippen LogP contribution in [0.5, 0.6) is 11.5 Å². The summed E-state index contributed by atoms with van der Waals surface area (Å²) in [6.45, 7) is 0.406. The summed E-state index contributed by atoms with van der Waals surface area (Å²) < 4.78 is 6.10. The summed E-state index contributed by atoms with van der Waals surface area (Å²) >= 11 is 0. The molecule has 5 heteroatoms. The van der Waals surface area contributed by atoms with Gasteiger partial charge >= 0.3 is 0 Å². The Labute approximate surface area is 196 Å². The molecule has 0 saturated carbocycles. The summed E-state index contributed by atoms with van der Waals surface area (Å²) in [5, 5.41) is 18.4. The number of rotatable bonds is 6. The number of phenolic OH excluding ortho intramolecular Hbond substituents is 1. The third-order valence-electron chi connectivity index (χ3n) is 5.66. The van der Waals surface area contributed by atoms with Gasteiger partial charge in [-0.05, 0) is 51.4 Å². The molecule has 0 fully saturated rings. The van der Waals surface area contributed by atoms with Crippen molar-refractivity contribution in [2.75, 3.05) is 0 Å². The predicted octanol–water partition coefficient (Wildman–Crippen LogP) is 6.04. The molecule has 0 aliphatic heterocycles. The Hall–Kier alpha value is -4.64. The molecule has 0 aromatic heterocycles. The van der Waals surface area contributed by atoms with E-state index in [-0.39, 0.29) is 11.3 Å². The molecule has 2 N–H and O–H groups in total. The average Bonchev–Trinajstić information content (AvgIpc) is 2.87. The number of hydrogen-bond acceptors (Lipinski definition) is 4. The number of hydrazone groups is 1. The van der Waals surface area contributed by atoms with E-state index >= 15 is 0 Å². The van der Waals surface area contributed by atoms with E-state index in [9.17, 15) is 9.90 Å². The number of aromatic hydroxyl groups is 1. The third-order valence-corrected chi connectivity index (χ3v) is 5.66. The van der Waals surface area contributed by atoms with Gasteiger partial charge in [-0.1, -0.05) is 78.9 Å². The van der Waals surface area contributed by atoms with Gasteiger partial charge in [-0.2, -0.15) is 5.10 Å². The van der Waals surface area contributed by atoms with E-state index in [1.807, 2.05) is 66.7 Å². The van der Waals surface area contributed by atoms with Crippen molar-refractivity contribution in [2.24, 2.45) is 5.10 Å². The SMILES string of the molecule is O=C(NN=Cc1ccccc1OCc1cccc2ccccc12)c1cc2ccccc2cc1O. The van der Waals surface area contributed by atoms with Crippen LogP contribution in [0.2, 0.25) is 0 Å². The summed E-state index contributed by atoms with van der Waals surface area (Å²) in [4.78, 5) is 12.6. The largest absolute Gasteiger partial charge is 0.507 e. The smallest absolute Gasteiger partial charge is 0.275 e. The first-order valence-corrected chi connectivity index (χ1v) is 10.9. The fraction of sp³-hybridized carbons (Fsp3) is 0.0345. The number of ether oxygens (including phenoxy) is 1. The lowest BCUT2D eigenvalue weighted by Crippen LogP contribution is -2.17. The van der Waals surface area contributed by atoms with E-state index in [0.29, 0.717) is 12.4 Å². The highest BCUT2D eigenvalue weighted by Gasteiger charge is 2.12. The van der Waals surface area contributed by atoms with Gasteiger partial charge in [0.2, 0.25) is 0 Å². The van der Waals surface area contributed by atoms with Gasteiger partial charge in [0.15, 0.2) is 0 Å². The Morgan fingerprint density at radius 1 is 0.824 bits per heavy atom. The molecular formula is C29H22N2O3. The normalized spacial score (nSPS) is 11.2. The number of para-hydroxylation sites is 1. The van der Waals surface area contributed by atoms with Gasteiger partial charge in [0.25, 0.3) is 5.91 Å². The first-order valence-electron chi connectivity index (χ1n) is 10.9. The van der Waals surface area contributed by atoms with Crippen LogP contribution in [0.3, 0.4) is 0 Å². The topological polar surface area (TPSA) is 70.9 Å². The molecule has 0 atom stereocenters.